The number of ether oxygens (including phenoxy) is 1. The first-order valence-electron chi connectivity index (χ1n) is 5.65. The molecule has 7 N–H and O–H groups in total. The van der Waals surface area contributed by atoms with Crippen molar-refractivity contribution < 1.29 is 30.0 Å². The maximum atomic E-state index is 10.9. The monoisotopic (exact) mass is 321 g/mol. The number of halogens is 1. The van der Waals surface area contributed by atoms with E-state index in [-0.39, 0.29) is 17.2 Å². The lowest BCUT2D eigenvalue weighted by Crippen LogP contribution is -2.61. The average Bonchev–Trinajstić information content (AvgIpc) is 2.38. The number of aliphatic hydroxyl groups is 3. The topological polar surface area (TPSA) is 184 Å². The van der Waals surface area contributed by atoms with Crippen LogP contribution in [-0.4, -0.2) is 72.0 Å². The quantitative estimate of drug-likeness (QED) is 0.343. The van der Waals surface area contributed by atoms with E-state index in [0.29, 0.717) is 0 Å². The van der Waals surface area contributed by atoms with Gasteiger partial charge >= 0.3 is 5.97 Å². The molecular weight excluding hydrogens is 310 g/mol. The summed E-state index contributed by atoms with van der Waals surface area (Å²) in [6.07, 6.45) is -8.31. The molecule has 1 fully saturated rings. The summed E-state index contributed by atoms with van der Waals surface area (Å²) < 4.78 is 4.97. The molecule has 0 aromatic carbocycles. The molecule has 0 radical (unpaired) electrons. The van der Waals surface area contributed by atoms with E-state index in [2.05, 4.69) is 20.3 Å². The van der Waals surface area contributed by atoms with Gasteiger partial charge in [0.2, 0.25) is 17.2 Å². The molecule has 1 aliphatic heterocycles. The summed E-state index contributed by atoms with van der Waals surface area (Å²) in [6.45, 7) is 0. The van der Waals surface area contributed by atoms with Crippen LogP contribution in [0.25, 0.3) is 0 Å². The van der Waals surface area contributed by atoms with Gasteiger partial charge in [0.25, 0.3) is 0 Å². The van der Waals surface area contributed by atoms with Crippen LogP contribution in [0.3, 0.4) is 0 Å². The Labute approximate surface area is 122 Å². The predicted molar refractivity (Wildman–Crippen MR) is 67.2 cm³/mol. The second kappa shape index (κ2) is 5.91. The van der Waals surface area contributed by atoms with Gasteiger partial charge in [-0.2, -0.15) is 15.0 Å². The molecule has 1 aliphatic rings. The zero-order chi connectivity index (χ0) is 15.7. The molecule has 0 aliphatic carbocycles. The van der Waals surface area contributed by atoms with E-state index in [1.54, 1.807) is 0 Å². The lowest BCUT2D eigenvalue weighted by molar-refractivity contribution is -0.221. The highest BCUT2D eigenvalue weighted by atomic mass is 35.5. The molecule has 21 heavy (non-hydrogen) atoms. The first kappa shape index (κ1) is 15.6. The molecule has 0 spiro atoms. The summed E-state index contributed by atoms with van der Waals surface area (Å²) in [7, 11) is 0. The lowest BCUT2D eigenvalue weighted by Gasteiger charge is -2.38. The number of hydrogen-bond donors (Lipinski definition) is 6. The number of carboxylic acids is 1. The standard InChI is InChI=1S/C9H12ClN5O6/c10-7-13-8(11)15-9(14-7)12-5-3(18)1(16)2(17)4(21-5)6(19)20/h1-5,16-18H,(H,19,20)(H3,11,12,13,14,15)/t1-,2+,3-,4+,5?/m0/s1. The van der Waals surface area contributed by atoms with E-state index in [1.807, 2.05) is 0 Å². The molecule has 1 aromatic heterocycles. The minimum atomic E-state index is -1.79. The Morgan fingerprint density at radius 3 is 2.43 bits per heavy atom. The van der Waals surface area contributed by atoms with E-state index in [1.165, 1.54) is 0 Å². The number of nitrogens with one attached hydrogen (secondary N) is 1. The number of carbonyl (C=O) groups is 1. The number of nitrogens with zero attached hydrogens (tertiary/aromatic N) is 3. The lowest BCUT2D eigenvalue weighted by atomic mass is 9.98. The van der Waals surface area contributed by atoms with Crippen molar-refractivity contribution in [2.75, 3.05) is 11.1 Å². The number of hydrogen-bond acceptors (Lipinski definition) is 10. The zero-order valence-electron chi connectivity index (χ0n) is 10.3. The van der Waals surface area contributed by atoms with Crippen molar-refractivity contribution in [3.8, 4) is 0 Å². The molecule has 1 unspecified atom stereocenters. The third-order valence-corrected chi connectivity index (χ3v) is 2.92. The summed E-state index contributed by atoms with van der Waals surface area (Å²) in [5, 5.41) is 40.0. The highest BCUT2D eigenvalue weighted by Crippen LogP contribution is 2.22. The fraction of sp³-hybridized carbons (Fsp3) is 0.556. The SMILES string of the molecule is Nc1nc(Cl)nc(NC2O[C@@H](C(=O)O)[C@H](O)[C@H](O)[C@@H]2O)n1. The number of nitrogens with two attached hydrogens (primary N) is 1. The van der Waals surface area contributed by atoms with Crippen LogP contribution in [0.4, 0.5) is 11.9 Å². The molecule has 5 atom stereocenters. The van der Waals surface area contributed by atoms with Crippen LogP contribution in [0.15, 0.2) is 0 Å². The third kappa shape index (κ3) is 3.28. The summed E-state index contributed by atoms with van der Waals surface area (Å²) in [5.74, 6) is -1.91. The van der Waals surface area contributed by atoms with E-state index in [4.69, 9.17) is 27.2 Å². The Morgan fingerprint density at radius 2 is 1.86 bits per heavy atom. The molecule has 0 saturated carbocycles. The van der Waals surface area contributed by atoms with Crippen LogP contribution >= 0.6 is 11.6 Å². The smallest absolute Gasteiger partial charge is 0.335 e. The normalized spacial score (nSPS) is 32.7. The van der Waals surface area contributed by atoms with Gasteiger partial charge in [0, 0.05) is 0 Å². The molecule has 2 rings (SSSR count). The van der Waals surface area contributed by atoms with Crippen molar-refractivity contribution in [1.29, 1.82) is 0 Å². The van der Waals surface area contributed by atoms with Crippen LogP contribution in [0.5, 0.6) is 0 Å². The predicted octanol–water partition coefficient (Wildman–Crippen LogP) is -2.59. The highest BCUT2D eigenvalue weighted by molar-refractivity contribution is 6.28. The first-order chi connectivity index (χ1) is 9.79. The number of carboxylic acid groups (broad SMARTS) is 1. The van der Waals surface area contributed by atoms with E-state index < -0.39 is 36.6 Å². The van der Waals surface area contributed by atoms with Crippen LogP contribution in [0.2, 0.25) is 5.28 Å². The largest absolute Gasteiger partial charge is 0.479 e. The molecule has 1 saturated heterocycles. The van der Waals surface area contributed by atoms with Crippen molar-refractivity contribution in [3.05, 3.63) is 5.28 Å². The minimum Gasteiger partial charge on any atom is -0.479 e. The van der Waals surface area contributed by atoms with E-state index >= 15 is 0 Å². The Morgan fingerprint density at radius 1 is 1.19 bits per heavy atom. The van der Waals surface area contributed by atoms with Gasteiger partial charge in [-0.3, -0.25) is 0 Å². The summed E-state index contributed by atoms with van der Waals surface area (Å²) in [4.78, 5) is 21.7. The van der Waals surface area contributed by atoms with Crippen LogP contribution < -0.4 is 11.1 Å². The first-order valence-corrected chi connectivity index (χ1v) is 6.03. The van der Waals surface area contributed by atoms with Gasteiger partial charge in [-0.05, 0) is 11.6 Å². The number of aromatic nitrogens is 3. The van der Waals surface area contributed by atoms with Crippen molar-refractivity contribution in [2.24, 2.45) is 0 Å². The maximum absolute atomic E-state index is 10.9. The zero-order valence-corrected chi connectivity index (χ0v) is 11.0. The molecule has 116 valence electrons. The summed E-state index contributed by atoms with van der Waals surface area (Å²) in [6, 6.07) is 0. The highest BCUT2D eigenvalue weighted by Gasteiger charge is 2.47. The fourth-order valence-electron chi connectivity index (χ4n) is 1.76. The van der Waals surface area contributed by atoms with Gasteiger partial charge in [-0.25, -0.2) is 4.79 Å². The van der Waals surface area contributed by atoms with Gasteiger partial charge in [0.05, 0.1) is 0 Å². The van der Waals surface area contributed by atoms with Gasteiger partial charge in [0.1, 0.15) is 18.3 Å². The maximum Gasteiger partial charge on any atom is 0.335 e. The Hall–Kier alpha value is -1.79. The summed E-state index contributed by atoms with van der Waals surface area (Å²) in [5.41, 5.74) is 5.35. The molecule has 1 aromatic rings. The number of nitrogen functional groups attached to an aromatic ring is 1. The Balaban J connectivity index is 2.19. The van der Waals surface area contributed by atoms with Crippen molar-refractivity contribution >= 4 is 29.5 Å². The van der Waals surface area contributed by atoms with E-state index in [0.717, 1.165) is 0 Å². The second-order valence-corrected chi connectivity index (χ2v) is 4.56. The Kier molecular flexibility index (Phi) is 4.39. The van der Waals surface area contributed by atoms with Gasteiger partial charge in [0.15, 0.2) is 12.3 Å². The van der Waals surface area contributed by atoms with Gasteiger partial charge in [-0.15, -0.1) is 0 Å². The van der Waals surface area contributed by atoms with Crippen molar-refractivity contribution in [1.82, 2.24) is 15.0 Å². The number of aliphatic hydroxyl groups excluding tert-OH is 3. The third-order valence-electron chi connectivity index (χ3n) is 2.75. The van der Waals surface area contributed by atoms with Gasteiger partial charge < -0.3 is 36.2 Å². The minimum absolute atomic E-state index is 0.190. The number of anilines is 2. The average molecular weight is 322 g/mol. The molecule has 11 nitrogen and oxygen atoms in total. The van der Waals surface area contributed by atoms with Crippen LogP contribution in [-0.2, 0) is 9.53 Å². The van der Waals surface area contributed by atoms with Crippen LogP contribution in [0.1, 0.15) is 0 Å². The summed E-state index contributed by atoms with van der Waals surface area (Å²) >= 11 is 5.57. The molecule has 2 heterocycles. The number of aliphatic carboxylic acids is 1. The Bertz CT molecular complexity index is 527. The fourth-order valence-corrected chi connectivity index (χ4v) is 1.93. The van der Waals surface area contributed by atoms with E-state index in [9.17, 15) is 20.1 Å². The molecule has 0 amide bonds. The van der Waals surface area contributed by atoms with Crippen molar-refractivity contribution in [2.45, 2.75) is 30.6 Å². The molecule has 12 heteroatoms. The van der Waals surface area contributed by atoms with Crippen LogP contribution in [0, 0.1) is 0 Å². The van der Waals surface area contributed by atoms with Crippen molar-refractivity contribution in [3.63, 3.8) is 0 Å². The second-order valence-electron chi connectivity index (χ2n) is 4.22. The molecular formula is C9H12ClN5O6. The number of rotatable bonds is 3. The molecule has 0 bridgehead atoms. The van der Waals surface area contributed by atoms with Gasteiger partial charge in [-0.1, -0.05) is 0 Å².